The Bertz CT molecular complexity index is 1230. The Morgan fingerprint density at radius 2 is 1.73 bits per heavy atom. The fraction of sp³-hybridized carbons (Fsp3) is 0.200. The second-order valence-corrected chi connectivity index (χ2v) is 8.29. The molecule has 1 aliphatic heterocycles. The third kappa shape index (κ3) is 3.37. The van der Waals surface area contributed by atoms with E-state index in [9.17, 15) is 4.79 Å². The van der Waals surface area contributed by atoms with Gasteiger partial charge in [-0.05, 0) is 36.8 Å². The lowest BCUT2D eigenvalue weighted by atomic mass is 10.1. The van der Waals surface area contributed by atoms with Crippen molar-refractivity contribution >= 4 is 34.2 Å². The molecule has 5 heteroatoms. The fourth-order valence-electron chi connectivity index (χ4n) is 4.23. The molecule has 2 heterocycles. The van der Waals surface area contributed by atoms with E-state index in [1.54, 1.807) is 4.90 Å². The molecule has 1 aromatic heterocycles. The average Bonchev–Trinajstić information content (AvgIpc) is 3.31. The van der Waals surface area contributed by atoms with Crippen LogP contribution < -0.4 is 4.90 Å². The number of hydrogen-bond acceptors (Lipinski definition) is 2. The lowest BCUT2D eigenvalue weighted by Crippen LogP contribution is -2.24. The molecule has 1 atom stereocenters. The molecule has 0 bridgehead atoms. The molecule has 0 saturated carbocycles. The summed E-state index contributed by atoms with van der Waals surface area (Å²) < 4.78 is 2.26. The van der Waals surface area contributed by atoms with Crippen molar-refractivity contribution in [1.29, 1.82) is 0 Å². The number of imidazole rings is 1. The van der Waals surface area contributed by atoms with Crippen molar-refractivity contribution < 1.29 is 4.79 Å². The number of carbonyl (C=O) groups excluding carboxylic acids is 1. The van der Waals surface area contributed by atoms with E-state index >= 15 is 0 Å². The smallest absolute Gasteiger partial charge is 0.227 e. The number of fused-ring (bicyclic) bond motifs is 1. The van der Waals surface area contributed by atoms with Crippen LogP contribution in [0.15, 0.2) is 72.8 Å². The standard InChI is InChI=1S/C25H22ClN3O/c1-17-10-12-18(13-11-17)15-29-23-9-5-3-7-21(23)27-25(29)19-14-24(30)28(16-19)22-8-4-2-6-20(22)26/h2-13,19H,14-16H2,1H3. The van der Waals surface area contributed by atoms with E-state index in [1.807, 2.05) is 42.5 Å². The highest BCUT2D eigenvalue weighted by Crippen LogP contribution is 2.36. The van der Waals surface area contributed by atoms with Gasteiger partial charge in [0.25, 0.3) is 0 Å². The molecule has 4 nitrogen and oxygen atoms in total. The van der Waals surface area contributed by atoms with Crippen molar-refractivity contribution in [3.05, 3.63) is 94.8 Å². The number of amides is 1. The first kappa shape index (κ1) is 18.9. The molecule has 1 aliphatic rings. The number of halogens is 1. The summed E-state index contributed by atoms with van der Waals surface area (Å²) in [6.45, 7) is 3.40. The topological polar surface area (TPSA) is 38.1 Å². The third-order valence-corrected chi connectivity index (χ3v) is 6.10. The van der Waals surface area contributed by atoms with Gasteiger partial charge in [-0.3, -0.25) is 4.79 Å². The molecule has 0 spiro atoms. The molecule has 4 aromatic rings. The van der Waals surface area contributed by atoms with Crippen LogP contribution in [-0.4, -0.2) is 22.0 Å². The van der Waals surface area contributed by atoms with Gasteiger partial charge in [-0.15, -0.1) is 0 Å². The molecule has 1 fully saturated rings. The van der Waals surface area contributed by atoms with Crippen molar-refractivity contribution in [3.63, 3.8) is 0 Å². The lowest BCUT2D eigenvalue weighted by Gasteiger charge is -2.18. The van der Waals surface area contributed by atoms with Gasteiger partial charge in [0, 0.05) is 25.4 Å². The van der Waals surface area contributed by atoms with Crippen LogP contribution in [0.2, 0.25) is 5.02 Å². The molecule has 150 valence electrons. The van der Waals surface area contributed by atoms with Crippen LogP contribution in [0.1, 0.15) is 29.3 Å². The number of para-hydroxylation sites is 3. The zero-order valence-electron chi connectivity index (χ0n) is 16.8. The number of rotatable bonds is 4. The second-order valence-electron chi connectivity index (χ2n) is 7.89. The second kappa shape index (κ2) is 7.62. The molecule has 3 aromatic carbocycles. The number of nitrogens with zero attached hydrogens (tertiary/aromatic N) is 3. The first-order valence-electron chi connectivity index (χ1n) is 10.2. The highest BCUT2D eigenvalue weighted by atomic mass is 35.5. The predicted molar refractivity (Wildman–Crippen MR) is 121 cm³/mol. The number of carbonyl (C=O) groups is 1. The van der Waals surface area contributed by atoms with E-state index < -0.39 is 0 Å². The van der Waals surface area contributed by atoms with Crippen molar-refractivity contribution in [3.8, 4) is 0 Å². The van der Waals surface area contributed by atoms with E-state index in [-0.39, 0.29) is 11.8 Å². The number of anilines is 1. The molecule has 30 heavy (non-hydrogen) atoms. The molecule has 1 unspecified atom stereocenters. The monoisotopic (exact) mass is 415 g/mol. The molecule has 1 amide bonds. The van der Waals surface area contributed by atoms with Crippen LogP contribution in [0.5, 0.6) is 0 Å². The fourth-order valence-corrected chi connectivity index (χ4v) is 4.47. The number of hydrogen-bond donors (Lipinski definition) is 0. The molecule has 5 rings (SSSR count). The van der Waals surface area contributed by atoms with E-state index in [0.717, 1.165) is 29.1 Å². The minimum Gasteiger partial charge on any atom is -0.323 e. The number of aromatic nitrogens is 2. The normalized spacial score (nSPS) is 16.5. The molecule has 0 N–H and O–H groups in total. The van der Waals surface area contributed by atoms with Crippen molar-refractivity contribution in [2.75, 3.05) is 11.4 Å². The van der Waals surface area contributed by atoms with Gasteiger partial charge in [-0.25, -0.2) is 4.98 Å². The van der Waals surface area contributed by atoms with Crippen LogP contribution in [-0.2, 0) is 11.3 Å². The number of aryl methyl sites for hydroxylation is 1. The van der Waals surface area contributed by atoms with Gasteiger partial charge >= 0.3 is 0 Å². The Kier molecular flexibility index (Phi) is 4.80. The summed E-state index contributed by atoms with van der Waals surface area (Å²) in [6.07, 6.45) is 0.433. The van der Waals surface area contributed by atoms with Gasteiger partial charge in [0.05, 0.1) is 21.7 Å². The summed E-state index contributed by atoms with van der Waals surface area (Å²) in [6, 6.07) is 24.3. The van der Waals surface area contributed by atoms with E-state index in [2.05, 4.69) is 41.8 Å². The van der Waals surface area contributed by atoms with Crippen molar-refractivity contribution in [2.24, 2.45) is 0 Å². The van der Waals surface area contributed by atoms with Gasteiger partial charge < -0.3 is 9.47 Å². The maximum absolute atomic E-state index is 12.9. The van der Waals surface area contributed by atoms with Crippen LogP contribution >= 0.6 is 11.6 Å². The Hall–Kier alpha value is -3.11. The Balaban J connectivity index is 1.53. The highest BCUT2D eigenvalue weighted by molar-refractivity contribution is 6.33. The quantitative estimate of drug-likeness (QED) is 0.437. The first-order chi connectivity index (χ1) is 14.6. The summed E-state index contributed by atoms with van der Waals surface area (Å²) in [4.78, 5) is 19.6. The molecule has 0 radical (unpaired) electrons. The van der Waals surface area contributed by atoms with Crippen LogP contribution in [0.3, 0.4) is 0 Å². The van der Waals surface area contributed by atoms with Gasteiger partial charge in [0.1, 0.15) is 5.82 Å². The van der Waals surface area contributed by atoms with E-state index in [1.165, 1.54) is 11.1 Å². The average molecular weight is 416 g/mol. The molecular weight excluding hydrogens is 394 g/mol. The SMILES string of the molecule is Cc1ccc(Cn2c(C3CC(=O)N(c4ccccc4Cl)C3)nc3ccccc32)cc1. The van der Waals surface area contributed by atoms with Gasteiger partial charge in [0.15, 0.2) is 0 Å². The largest absolute Gasteiger partial charge is 0.323 e. The van der Waals surface area contributed by atoms with E-state index in [4.69, 9.17) is 16.6 Å². The van der Waals surface area contributed by atoms with E-state index in [0.29, 0.717) is 18.0 Å². The summed E-state index contributed by atoms with van der Waals surface area (Å²) in [5.41, 5.74) is 5.29. The molecule has 0 aliphatic carbocycles. The Labute approximate surface area is 180 Å². The summed E-state index contributed by atoms with van der Waals surface area (Å²) in [5, 5.41) is 0.597. The van der Waals surface area contributed by atoms with Gasteiger partial charge in [0.2, 0.25) is 5.91 Å². The zero-order chi connectivity index (χ0) is 20.7. The minimum atomic E-state index is 0.0200. The lowest BCUT2D eigenvalue weighted by molar-refractivity contribution is -0.117. The van der Waals surface area contributed by atoms with Crippen molar-refractivity contribution in [1.82, 2.24) is 9.55 Å². The van der Waals surface area contributed by atoms with Crippen LogP contribution in [0, 0.1) is 6.92 Å². The molecule has 1 saturated heterocycles. The molecular formula is C25H22ClN3O. The number of benzene rings is 3. The van der Waals surface area contributed by atoms with Crippen LogP contribution in [0.4, 0.5) is 5.69 Å². The van der Waals surface area contributed by atoms with Crippen LogP contribution in [0.25, 0.3) is 11.0 Å². The minimum absolute atomic E-state index is 0.0200. The Morgan fingerprint density at radius 3 is 2.53 bits per heavy atom. The van der Waals surface area contributed by atoms with Crippen molar-refractivity contribution in [2.45, 2.75) is 25.8 Å². The maximum Gasteiger partial charge on any atom is 0.227 e. The third-order valence-electron chi connectivity index (χ3n) is 5.78. The highest BCUT2D eigenvalue weighted by Gasteiger charge is 2.35. The zero-order valence-corrected chi connectivity index (χ0v) is 17.5. The first-order valence-corrected chi connectivity index (χ1v) is 10.5. The summed E-state index contributed by atoms with van der Waals surface area (Å²) in [7, 11) is 0. The summed E-state index contributed by atoms with van der Waals surface area (Å²) >= 11 is 6.36. The summed E-state index contributed by atoms with van der Waals surface area (Å²) in [5.74, 6) is 1.06. The van der Waals surface area contributed by atoms with Gasteiger partial charge in [-0.2, -0.15) is 0 Å². The Morgan fingerprint density at radius 1 is 1.00 bits per heavy atom. The van der Waals surface area contributed by atoms with Gasteiger partial charge in [-0.1, -0.05) is 65.7 Å². The predicted octanol–water partition coefficient (Wildman–Crippen LogP) is 5.57. The maximum atomic E-state index is 12.9.